The highest BCUT2D eigenvalue weighted by atomic mass is 16.5. The van der Waals surface area contributed by atoms with Crippen molar-refractivity contribution in [3.63, 3.8) is 0 Å². The summed E-state index contributed by atoms with van der Waals surface area (Å²) in [5, 5.41) is 0. The Labute approximate surface area is 43.2 Å². The highest BCUT2D eigenvalue weighted by Gasteiger charge is 2.20. The number of rotatable bonds is 0. The van der Waals surface area contributed by atoms with Gasteiger partial charge >= 0.3 is 0 Å². The molecule has 1 aliphatic heterocycles. The lowest BCUT2D eigenvalue weighted by molar-refractivity contribution is 0.287. The van der Waals surface area contributed by atoms with Crippen LogP contribution in [0.3, 0.4) is 0 Å². The number of hydrogen-bond acceptors (Lipinski definition) is 2. The van der Waals surface area contributed by atoms with E-state index in [4.69, 9.17) is 4.74 Å². The molecular formula is C5H8NO. The smallest absolute Gasteiger partial charge is 0.273 e. The summed E-state index contributed by atoms with van der Waals surface area (Å²) in [5.74, 6) is 0. The van der Waals surface area contributed by atoms with Crippen LogP contribution in [0.25, 0.3) is 0 Å². The first-order chi connectivity index (χ1) is 3.21. The SMILES string of the molecule is CC1(C)CO[C]=N1. The third-order valence-electron chi connectivity index (χ3n) is 0.838. The Hall–Kier alpha value is -0.530. The third-order valence-corrected chi connectivity index (χ3v) is 0.838. The van der Waals surface area contributed by atoms with Crippen LogP contribution in [0.15, 0.2) is 4.99 Å². The Morgan fingerprint density at radius 3 is 2.57 bits per heavy atom. The zero-order valence-electron chi connectivity index (χ0n) is 4.56. The summed E-state index contributed by atoms with van der Waals surface area (Å²) in [4.78, 5) is 3.90. The second-order valence-electron chi connectivity index (χ2n) is 2.30. The topological polar surface area (TPSA) is 21.6 Å². The van der Waals surface area contributed by atoms with Crippen LogP contribution in [0.2, 0.25) is 0 Å². The van der Waals surface area contributed by atoms with Gasteiger partial charge in [-0.1, -0.05) is 0 Å². The Balaban J connectivity index is 2.57. The zero-order chi connectivity index (χ0) is 5.33. The van der Waals surface area contributed by atoms with E-state index in [2.05, 4.69) is 11.4 Å². The standard InChI is InChI=1S/C5H8NO/c1-5(2)3-7-4-6-5/h3H2,1-2H3. The van der Waals surface area contributed by atoms with Crippen LogP contribution in [-0.2, 0) is 4.74 Å². The number of ether oxygens (including phenoxy) is 1. The molecule has 0 aromatic carbocycles. The predicted molar refractivity (Wildman–Crippen MR) is 27.5 cm³/mol. The van der Waals surface area contributed by atoms with Crippen LogP contribution in [-0.4, -0.2) is 18.5 Å². The van der Waals surface area contributed by atoms with Crippen molar-refractivity contribution in [3.8, 4) is 0 Å². The molecule has 0 spiro atoms. The van der Waals surface area contributed by atoms with E-state index in [9.17, 15) is 0 Å². The van der Waals surface area contributed by atoms with Crippen LogP contribution in [0.5, 0.6) is 0 Å². The summed E-state index contributed by atoms with van der Waals surface area (Å²) in [7, 11) is 0. The van der Waals surface area contributed by atoms with Crippen molar-refractivity contribution >= 4 is 6.40 Å². The molecule has 0 unspecified atom stereocenters. The summed E-state index contributed by atoms with van der Waals surface area (Å²) in [6, 6.07) is 0. The fraction of sp³-hybridized carbons (Fsp3) is 0.800. The van der Waals surface area contributed by atoms with E-state index >= 15 is 0 Å². The van der Waals surface area contributed by atoms with E-state index in [1.165, 1.54) is 0 Å². The molecule has 0 aliphatic carbocycles. The number of nitrogens with zero attached hydrogens (tertiary/aromatic N) is 1. The summed E-state index contributed by atoms with van der Waals surface area (Å²) in [6.45, 7) is 4.69. The largest absolute Gasteiger partial charge is 0.472 e. The molecule has 0 N–H and O–H groups in total. The lowest BCUT2D eigenvalue weighted by atomic mass is 10.1. The number of hydrogen-bond donors (Lipinski definition) is 0. The Morgan fingerprint density at radius 1 is 1.71 bits per heavy atom. The van der Waals surface area contributed by atoms with Crippen molar-refractivity contribution in [2.75, 3.05) is 6.61 Å². The first kappa shape index (κ1) is 4.62. The molecule has 1 rings (SSSR count). The van der Waals surface area contributed by atoms with Gasteiger partial charge in [0.1, 0.15) is 6.61 Å². The van der Waals surface area contributed by atoms with Crippen molar-refractivity contribution < 1.29 is 4.74 Å². The molecule has 1 aliphatic rings. The van der Waals surface area contributed by atoms with Gasteiger partial charge in [0.25, 0.3) is 6.40 Å². The lowest BCUT2D eigenvalue weighted by Crippen LogP contribution is -2.17. The summed E-state index contributed by atoms with van der Waals surface area (Å²) in [6.07, 6.45) is 2.44. The van der Waals surface area contributed by atoms with Gasteiger partial charge in [0.05, 0.1) is 5.54 Å². The minimum absolute atomic E-state index is 0.0139. The maximum absolute atomic E-state index is 4.74. The van der Waals surface area contributed by atoms with E-state index < -0.39 is 0 Å². The van der Waals surface area contributed by atoms with Gasteiger partial charge in [-0.3, -0.25) is 0 Å². The maximum atomic E-state index is 4.74. The van der Waals surface area contributed by atoms with Crippen molar-refractivity contribution in [1.82, 2.24) is 0 Å². The lowest BCUT2D eigenvalue weighted by Gasteiger charge is -2.07. The van der Waals surface area contributed by atoms with Crippen molar-refractivity contribution in [2.24, 2.45) is 4.99 Å². The van der Waals surface area contributed by atoms with Gasteiger partial charge in [-0.2, -0.15) is 0 Å². The average Bonchev–Trinajstić information content (AvgIpc) is 1.84. The fourth-order valence-electron chi connectivity index (χ4n) is 0.397. The Kier molecular flexibility index (Phi) is 0.805. The molecule has 0 aromatic heterocycles. The van der Waals surface area contributed by atoms with Gasteiger partial charge in [0, 0.05) is 0 Å². The van der Waals surface area contributed by atoms with Crippen molar-refractivity contribution in [1.29, 1.82) is 0 Å². The van der Waals surface area contributed by atoms with Gasteiger partial charge in [-0.25, -0.2) is 4.99 Å². The molecule has 39 valence electrons. The normalized spacial score (nSPS) is 24.9. The monoisotopic (exact) mass is 98.1 g/mol. The average molecular weight is 98.1 g/mol. The van der Waals surface area contributed by atoms with Crippen molar-refractivity contribution in [2.45, 2.75) is 19.4 Å². The van der Waals surface area contributed by atoms with Gasteiger partial charge in [0.15, 0.2) is 0 Å². The van der Waals surface area contributed by atoms with E-state index in [0.717, 1.165) is 0 Å². The molecule has 0 atom stereocenters. The molecule has 0 fully saturated rings. The van der Waals surface area contributed by atoms with E-state index in [0.29, 0.717) is 6.61 Å². The molecule has 2 nitrogen and oxygen atoms in total. The molecule has 1 radical (unpaired) electrons. The number of aliphatic imine (C=N–C) groups is 1. The van der Waals surface area contributed by atoms with Crippen molar-refractivity contribution in [3.05, 3.63) is 0 Å². The highest BCUT2D eigenvalue weighted by molar-refractivity contribution is 5.49. The molecular weight excluding hydrogens is 90.1 g/mol. The van der Waals surface area contributed by atoms with E-state index in [1.807, 2.05) is 13.8 Å². The van der Waals surface area contributed by atoms with Crippen LogP contribution in [0.4, 0.5) is 0 Å². The van der Waals surface area contributed by atoms with Gasteiger partial charge in [-0.15, -0.1) is 0 Å². The molecule has 0 saturated carbocycles. The molecule has 2 heteroatoms. The molecule has 0 aromatic rings. The predicted octanol–water partition coefficient (Wildman–Crippen LogP) is 0.701. The Morgan fingerprint density at radius 2 is 2.43 bits per heavy atom. The minimum atomic E-state index is -0.0139. The molecule has 0 bridgehead atoms. The molecule has 7 heavy (non-hydrogen) atoms. The van der Waals surface area contributed by atoms with Crippen LogP contribution >= 0.6 is 0 Å². The van der Waals surface area contributed by atoms with Crippen LogP contribution in [0.1, 0.15) is 13.8 Å². The van der Waals surface area contributed by atoms with Crippen LogP contribution in [0, 0.1) is 0 Å². The first-order valence-corrected chi connectivity index (χ1v) is 2.29. The summed E-state index contributed by atoms with van der Waals surface area (Å²) >= 11 is 0. The highest BCUT2D eigenvalue weighted by Crippen LogP contribution is 2.11. The minimum Gasteiger partial charge on any atom is -0.472 e. The Bertz CT molecular complexity index is 96.3. The summed E-state index contributed by atoms with van der Waals surface area (Å²) < 4.78 is 4.74. The maximum Gasteiger partial charge on any atom is 0.273 e. The van der Waals surface area contributed by atoms with E-state index in [1.54, 1.807) is 0 Å². The fourth-order valence-corrected chi connectivity index (χ4v) is 0.397. The third kappa shape index (κ3) is 0.918. The van der Waals surface area contributed by atoms with Crippen LogP contribution < -0.4 is 0 Å². The second kappa shape index (κ2) is 1.22. The molecule has 0 amide bonds. The van der Waals surface area contributed by atoms with E-state index in [-0.39, 0.29) is 5.54 Å². The molecule has 1 heterocycles. The zero-order valence-corrected chi connectivity index (χ0v) is 4.56. The second-order valence-corrected chi connectivity index (χ2v) is 2.30. The van der Waals surface area contributed by atoms with Gasteiger partial charge in [0.2, 0.25) is 0 Å². The molecule has 0 saturated heterocycles. The summed E-state index contributed by atoms with van der Waals surface area (Å²) in [5.41, 5.74) is -0.0139. The van der Waals surface area contributed by atoms with Gasteiger partial charge < -0.3 is 4.74 Å². The first-order valence-electron chi connectivity index (χ1n) is 2.29. The quantitative estimate of drug-likeness (QED) is 0.437. The van der Waals surface area contributed by atoms with Gasteiger partial charge in [-0.05, 0) is 13.8 Å².